The molecule has 0 aliphatic rings. The van der Waals surface area contributed by atoms with E-state index < -0.39 is 5.82 Å². The number of hydrogen-bond acceptors (Lipinski definition) is 3. The number of nitrogens with two attached hydrogens (primary N) is 1. The largest absolute Gasteiger partial charge is 0.396 e. The number of benzene rings is 1. The molecule has 0 fully saturated rings. The fourth-order valence-corrected chi connectivity index (χ4v) is 1.64. The van der Waals surface area contributed by atoms with Gasteiger partial charge in [-0.1, -0.05) is 13.3 Å². The normalized spacial score (nSPS) is 12.2. The molecule has 1 rings (SSSR count). The summed E-state index contributed by atoms with van der Waals surface area (Å²) in [5, 5.41) is 11.6. The zero-order valence-corrected chi connectivity index (χ0v) is 10.4. The Balaban J connectivity index is 2.57. The summed E-state index contributed by atoms with van der Waals surface area (Å²) in [6, 6.07) is 3.98. The number of anilines is 1. The van der Waals surface area contributed by atoms with Crippen LogP contribution in [-0.2, 0) is 0 Å². The van der Waals surface area contributed by atoms with E-state index >= 15 is 0 Å². The van der Waals surface area contributed by atoms with Crippen molar-refractivity contribution in [2.75, 3.05) is 18.9 Å². The van der Waals surface area contributed by atoms with Crippen LogP contribution in [0.1, 0.15) is 30.1 Å². The van der Waals surface area contributed by atoms with Crippen molar-refractivity contribution in [1.82, 2.24) is 5.32 Å². The Hall–Kier alpha value is -1.62. The van der Waals surface area contributed by atoms with Gasteiger partial charge in [-0.15, -0.1) is 0 Å². The molecule has 4 nitrogen and oxygen atoms in total. The van der Waals surface area contributed by atoms with Gasteiger partial charge >= 0.3 is 0 Å². The molecular formula is C13H19FN2O2. The quantitative estimate of drug-likeness (QED) is 0.674. The molecule has 0 saturated heterocycles. The SMILES string of the molecule is CCC(CCO)CNC(=O)c1ccc(N)c(F)c1. The summed E-state index contributed by atoms with van der Waals surface area (Å²) in [5.41, 5.74) is 5.61. The molecule has 0 spiro atoms. The smallest absolute Gasteiger partial charge is 0.251 e. The van der Waals surface area contributed by atoms with Crippen LogP contribution in [0.2, 0.25) is 0 Å². The second-order valence-corrected chi connectivity index (χ2v) is 4.23. The molecule has 5 heteroatoms. The molecule has 1 aromatic carbocycles. The highest BCUT2D eigenvalue weighted by Crippen LogP contribution is 2.12. The van der Waals surface area contributed by atoms with E-state index in [9.17, 15) is 9.18 Å². The average Bonchev–Trinajstić information content (AvgIpc) is 2.37. The maximum absolute atomic E-state index is 13.2. The molecule has 100 valence electrons. The maximum Gasteiger partial charge on any atom is 0.251 e. The predicted octanol–water partition coefficient (Wildman–Crippen LogP) is 1.55. The number of rotatable bonds is 6. The molecule has 18 heavy (non-hydrogen) atoms. The lowest BCUT2D eigenvalue weighted by Gasteiger charge is -2.14. The van der Waals surface area contributed by atoms with E-state index in [1.165, 1.54) is 12.1 Å². The third-order valence-corrected chi connectivity index (χ3v) is 2.93. The molecule has 0 radical (unpaired) electrons. The summed E-state index contributed by atoms with van der Waals surface area (Å²) >= 11 is 0. The van der Waals surface area contributed by atoms with E-state index in [1.807, 2.05) is 6.92 Å². The van der Waals surface area contributed by atoms with E-state index in [1.54, 1.807) is 0 Å². The minimum atomic E-state index is -0.593. The van der Waals surface area contributed by atoms with Gasteiger partial charge in [0.25, 0.3) is 5.91 Å². The highest BCUT2D eigenvalue weighted by atomic mass is 19.1. The first-order chi connectivity index (χ1) is 8.58. The lowest BCUT2D eigenvalue weighted by Crippen LogP contribution is -2.29. The summed E-state index contributed by atoms with van der Waals surface area (Å²) in [6.07, 6.45) is 1.52. The number of amides is 1. The van der Waals surface area contributed by atoms with Gasteiger partial charge in [0.1, 0.15) is 5.82 Å². The number of aliphatic hydroxyl groups excluding tert-OH is 1. The fraction of sp³-hybridized carbons (Fsp3) is 0.462. The van der Waals surface area contributed by atoms with E-state index in [0.29, 0.717) is 13.0 Å². The van der Waals surface area contributed by atoms with E-state index in [-0.39, 0.29) is 29.7 Å². The standard InChI is InChI=1S/C13H19FN2O2/c1-2-9(5-6-17)8-16-13(18)10-3-4-12(15)11(14)7-10/h3-4,7,9,17H,2,5-6,8,15H2,1H3,(H,16,18). The van der Waals surface area contributed by atoms with Gasteiger partial charge in [-0.05, 0) is 30.5 Å². The molecule has 1 amide bonds. The zero-order valence-electron chi connectivity index (χ0n) is 10.4. The molecule has 0 aliphatic carbocycles. The highest BCUT2D eigenvalue weighted by molar-refractivity contribution is 5.94. The van der Waals surface area contributed by atoms with Crippen LogP contribution in [-0.4, -0.2) is 24.2 Å². The molecule has 4 N–H and O–H groups in total. The van der Waals surface area contributed by atoms with Crippen LogP contribution in [0.4, 0.5) is 10.1 Å². The monoisotopic (exact) mass is 254 g/mol. The summed E-state index contributed by atoms with van der Waals surface area (Å²) in [7, 11) is 0. The summed E-state index contributed by atoms with van der Waals surface area (Å²) in [6.45, 7) is 2.57. The van der Waals surface area contributed by atoms with Crippen molar-refractivity contribution < 1.29 is 14.3 Å². The Labute approximate surface area is 106 Å². The van der Waals surface area contributed by atoms with Gasteiger partial charge in [0.2, 0.25) is 0 Å². The molecule has 0 aliphatic heterocycles. The van der Waals surface area contributed by atoms with Crippen LogP contribution in [0.15, 0.2) is 18.2 Å². The van der Waals surface area contributed by atoms with Crippen molar-refractivity contribution in [3.63, 3.8) is 0 Å². The van der Waals surface area contributed by atoms with Crippen molar-refractivity contribution >= 4 is 11.6 Å². The molecule has 0 aromatic heterocycles. The minimum Gasteiger partial charge on any atom is -0.396 e. The van der Waals surface area contributed by atoms with Crippen LogP contribution >= 0.6 is 0 Å². The van der Waals surface area contributed by atoms with Crippen LogP contribution < -0.4 is 11.1 Å². The Bertz CT molecular complexity index is 410. The van der Waals surface area contributed by atoms with E-state index in [2.05, 4.69) is 5.32 Å². The summed E-state index contributed by atoms with van der Waals surface area (Å²) < 4.78 is 13.2. The second-order valence-electron chi connectivity index (χ2n) is 4.23. The van der Waals surface area contributed by atoms with Gasteiger partial charge in [0.15, 0.2) is 0 Å². The molecule has 1 atom stereocenters. The first-order valence-corrected chi connectivity index (χ1v) is 6.02. The van der Waals surface area contributed by atoms with Gasteiger partial charge in [0, 0.05) is 18.7 Å². The fourth-order valence-electron chi connectivity index (χ4n) is 1.64. The number of hydrogen-bond donors (Lipinski definition) is 3. The number of nitrogens with one attached hydrogen (secondary N) is 1. The van der Waals surface area contributed by atoms with Gasteiger partial charge in [-0.2, -0.15) is 0 Å². The van der Waals surface area contributed by atoms with Crippen LogP contribution in [0.3, 0.4) is 0 Å². The number of aliphatic hydroxyl groups is 1. The van der Waals surface area contributed by atoms with Crippen LogP contribution in [0.5, 0.6) is 0 Å². The third kappa shape index (κ3) is 4.00. The molecule has 1 unspecified atom stereocenters. The minimum absolute atomic E-state index is 0.0262. The predicted molar refractivity (Wildman–Crippen MR) is 68.6 cm³/mol. The average molecular weight is 254 g/mol. The Morgan fingerprint density at radius 3 is 2.83 bits per heavy atom. The van der Waals surface area contributed by atoms with Crippen LogP contribution in [0.25, 0.3) is 0 Å². The van der Waals surface area contributed by atoms with Crippen molar-refractivity contribution in [2.24, 2.45) is 5.92 Å². The van der Waals surface area contributed by atoms with Gasteiger partial charge in [0.05, 0.1) is 5.69 Å². The summed E-state index contributed by atoms with van der Waals surface area (Å²) in [5.74, 6) is -0.687. The summed E-state index contributed by atoms with van der Waals surface area (Å²) in [4.78, 5) is 11.8. The number of nitrogen functional groups attached to an aromatic ring is 1. The lowest BCUT2D eigenvalue weighted by molar-refractivity contribution is 0.0943. The Morgan fingerprint density at radius 1 is 1.56 bits per heavy atom. The van der Waals surface area contributed by atoms with Gasteiger partial charge < -0.3 is 16.2 Å². The number of carbonyl (C=O) groups is 1. The number of carbonyl (C=O) groups excluding carboxylic acids is 1. The molecular weight excluding hydrogens is 235 g/mol. The van der Waals surface area contributed by atoms with Crippen molar-refractivity contribution in [3.8, 4) is 0 Å². The van der Waals surface area contributed by atoms with Crippen molar-refractivity contribution in [3.05, 3.63) is 29.6 Å². The molecule has 1 aromatic rings. The zero-order chi connectivity index (χ0) is 13.5. The van der Waals surface area contributed by atoms with Gasteiger partial charge in [-0.3, -0.25) is 4.79 Å². The Kier molecular flexibility index (Phi) is 5.58. The highest BCUT2D eigenvalue weighted by Gasteiger charge is 2.11. The maximum atomic E-state index is 13.2. The third-order valence-electron chi connectivity index (χ3n) is 2.93. The second kappa shape index (κ2) is 6.96. The first kappa shape index (κ1) is 14.4. The lowest BCUT2D eigenvalue weighted by atomic mass is 10.0. The topological polar surface area (TPSA) is 75.3 Å². The molecule has 0 heterocycles. The van der Waals surface area contributed by atoms with Crippen molar-refractivity contribution in [2.45, 2.75) is 19.8 Å². The van der Waals surface area contributed by atoms with Crippen LogP contribution in [0, 0.1) is 11.7 Å². The van der Waals surface area contributed by atoms with E-state index in [0.717, 1.165) is 12.5 Å². The Morgan fingerprint density at radius 2 is 2.28 bits per heavy atom. The molecule has 0 saturated carbocycles. The molecule has 0 bridgehead atoms. The van der Waals surface area contributed by atoms with Crippen molar-refractivity contribution in [1.29, 1.82) is 0 Å². The van der Waals surface area contributed by atoms with Gasteiger partial charge in [-0.25, -0.2) is 4.39 Å². The number of halogens is 1. The van der Waals surface area contributed by atoms with E-state index in [4.69, 9.17) is 10.8 Å². The first-order valence-electron chi connectivity index (χ1n) is 6.02.